The van der Waals surface area contributed by atoms with Crippen LogP contribution in [0.1, 0.15) is 11.7 Å². The molecule has 4 rings (SSSR count). The molecule has 128 valence electrons. The number of fused-ring (bicyclic) bond motifs is 1. The number of nitrogens with one attached hydrogen (secondary N) is 1. The highest BCUT2D eigenvalue weighted by Crippen LogP contribution is 2.26. The number of nitrogens with zero attached hydrogens (tertiary/aromatic N) is 1. The average Bonchev–Trinajstić information content (AvgIpc) is 3.11. The molecule has 0 spiro atoms. The van der Waals surface area contributed by atoms with Crippen molar-refractivity contribution in [2.75, 3.05) is 0 Å². The van der Waals surface area contributed by atoms with Gasteiger partial charge < -0.3 is 14.8 Å². The van der Waals surface area contributed by atoms with Gasteiger partial charge in [0.2, 0.25) is 6.10 Å². The van der Waals surface area contributed by atoms with Gasteiger partial charge in [-0.05, 0) is 36.4 Å². The molecule has 0 amide bonds. The Morgan fingerprint density at radius 3 is 2.31 bits per heavy atom. The predicted octanol–water partition coefficient (Wildman–Crippen LogP) is 4.43. The monoisotopic (exact) mass is 344 g/mol. The molecule has 26 heavy (non-hydrogen) atoms. The van der Waals surface area contributed by atoms with Gasteiger partial charge in [0.15, 0.2) is 0 Å². The molecular formula is C21H16N2O3. The van der Waals surface area contributed by atoms with Crippen LogP contribution in [-0.4, -0.2) is 21.0 Å². The van der Waals surface area contributed by atoms with Crippen molar-refractivity contribution in [2.45, 2.75) is 6.10 Å². The smallest absolute Gasteiger partial charge is 0.349 e. The summed E-state index contributed by atoms with van der Waals surface area (Å²) in [5.74, 6) is 0.217. The van der Waals surface area contributed by atoms with Crippen LogP contribution in [0.5, 0.6) is 5.75 Å². The fourth-order valence-electron chi connectivity index (χ4n) is 2.81. The lowest BCUT2D eigenvalue weighted by atomic mass is 10.1. The molecule has 0 aliphatic rings. The number of aromatic nitrogens is 2. The number of aromatic amines is 1. The van der Waals surface area contributed by atoms with E-state index in [0.717, 1.165) is 22.4 Å². The molecule has 1 heterocycles. The quantitative estimate of drug-likeness (QED) is 0.561. The molecule has 0 fully saturated rings. The summed E-state index contributed by atoms with van der Waals surface area (Å²) >= 11 is 0. The van der Waals surface area contributed by atoms with E-state index in [4.69, 9.17) is 4.74 Å². The molecule has 1 unspecified atom stereocenters. The highest BCUT2D eigenvalue weighted by Gasteiger charge is 2.21. The van der Waals surface area contributed by atoms with Crippen molar-refractivity contribution in [1.82, 2.24) is 9.97 Å². The fourth-order valence-corrected chi connectivity index (χ4v) is 2.81. The topological polar surface area (TPSA) is 75.2 Å². The van der Waals surface area contributed by atoms with Gasteiger partial charge in [0.25, 0.3) is 0 Å². The van der Waals surface area contributed by atoms with Crippen molar-refractivity contribution in [3.63, 3.8) is 0 Å². The zero-order chi connectivity index (χ0) is 17.9. The van der Waals surface area contributed by atoms with E-state index in [9.17, 15) is 9.90 Å². The third-order valence-electron chi connectivity index (χ3n) is 4.10. The predicted molar refractivity (Wildman–Crippen MR) is 99.0 cm³/mol. The van der Waals surface area contributed by atoms with Crippen LogP contribution in [0.25, 0.3) is 22.4 Å². The van der Waals surface area contributed by atoms with E-state index in [2.05, 4.69) is 9.97 Å². The molecule has 2 N–H and O–H groups in total. The third-order valence-corrected chi connectivity index (χ3v) is 4.10. The van der Waals surface area contributed by atoms with Gasteiger partial charge in [-0.2, -0.15) is 0 Å². The van der Waals surface area contributed by atoms with Gasteiger partial charge in [-0.1, -0.05) is 42.5 Å². The SMILES string of the molecule is O=C(O)C(Oc1ccc(-c2nc3ccccc3[nH]2)cc1)c1ccccc1. The molecule has 0 saturated heterocycles. The molecule has 0 aliphatic carbocycles. The molecule has 0 saturated carbocycles. The molecule has 0 bridgehead atoms. The number of H-pyrrole nitrogens is 1. The van der Waals surface area contributed by atoms with Crippen LogP contribution in [0.2, 0.25) is 0 Å². The first kappa shape index (κ1) is 15.9. The lowest BCUT2D eigenvalue weighted by Crippen LogP contribution is -2.18. The lowest BCUT2D eigenvalue weighted by Gasteiger charge is -2.15. The van der Waals surface area contributed by atoms with E-state index in [-0.39, 0.29) is 0 Å². The van der Waals surface area contributed by atoms with Gasteiger partial charge in [-0.15, -0.1) is 0 Å². The van der Waals surface area contributed by atoms with Gasteiger partial charge in [0, 0.05) is 11.1 Å². The summed E-state index contributed by atoms with van der Waals surface area (Å²) < 4.78 is 5.68. The number of carbonyl (C=O) groups is 1. The number of hydrogen-bond donors (Lipinski definition) is 2. The summed E-state index contributed by atoms with van der Waals surface area (Å²) in [7, 11) is 0. The van der Waals surface area contributed by atoms with Crippen molar-refractivity contribution >= 4 is 17.0 Å². The first-order chi connectivity index (χ1) is 12.7. The fraction of sp³-hybridized carbons (Fsp3) is 0.0476. The number of aliphatic carboxylic acids is 1. The first-order valence-electron chi connectivity index (χ1n) is 8.20. The number of benzene rings is 3. The van der Waals surface area contributed by atoms with Crippen molar-refractivity contribution in [1.29, 1.82) is 0 Å². The van der Waals surface area contributed by atoms with Gasteiger partial charge in [0.05, 0.1) is 11.0 Å². The maximum atomic E-state index is 11.6. The van der Waals surface area contributed by atoms with E-state index in [0.29, 0.717) is 11.3 Å². The van der Waals surface area contributed by atoms with Gasteiger partial charge >= 0.3 is 5.97 Å². The molecule has 0 aliphatic heterocycles. The van der Waals surface area contributed by atoms with Gasteiger partial charge in [0.1, 0.15) is 11.6 Å². The highest BCUT2D eigenvalue weighted by molar-refractivity contribution is 5.79. The molecule has 5 nitrogen and oxygen atoms in total. The summed E-state index contributed by atoms with van der Waals surface area (Å²) in [6.45, 7) is 0. The van der Waals surface area contributed by atoms with Crippen LogP contribution in [-0.2, 0) is 4.79 Å². The Morgan fingerprint density at radius 2 is 1.62 bits per heavy atom. The Morgan fingerprint density at radius 1 is 0.923 bits per heavy atom. The number of ether oxygens (including phenoxy) is 1. The molecule has 1 aromatic heterocycles. The van der Waals surface area contributed by atoms with Crippen molar-refractivity contribution < 1.29 is 14.6 Å². The van der Waals surface area contributed by atoms with E-state index >= 15 is 0 Å². The largest absolute Gasteiger partial charge is 0.478 e. The maximum absolute atomic E-state index is 11.6. The van der Waals surface area contributed by atoms with E-state index in [1.807, 2.05) is 42.5 Å². The Kier molecular flexibility index (Phi) is 4.11. The Labute approximate surface area is 149 Å². The lowest BCUT2D eigenvalue weighted by molar-refractivity contribution is -0.145. The van der Waals surface area contributed by atoms with Crippen LogP contribution in [0.3, 0.4) is 0 Å². The van der Waals surface area contributed by atoms with Crippen molar-refractivity contribution in [3.05, 3.63) is 84.4 Å². The molecular weight excluding hydrogens is 328 g/mol. The minimum absolute atomic E-state index is 0.487. The summed E-state index contributed by atoms with van der Waals surface area (Å²) in [4.78, 5) is 19.4. The Hall–Kier alpha value is -3.60. The van der Waals surface area contributed by atoms with Crippen molar-refractivity contribution in [3.8, 4) is 17.1 Å². The number of carboxylic acid groups (broad SMARTS) is 1. The second-order valence-corrected chi connectivity index (χ2v) is 5.87. The minimum Gasteiger partial charge on any atom is -0.478 e. The Bertz CT molecular complexity index is 1010. The number of imidazole rings is 1. The number of carboxylic acids is 1. The zero-order valence-electron chi connectivity index (χ0n) is 13.8. The number of para-hydroxylation sites is 2. The normalized spacial score (nSPS) is 12.0. The standard InChI is InChI=1S/C21H16N2O3/c24-21(25)19(14-6-2-1-3-7-14)26-16-12-10-15(11-13-16)20-22-17-8-4-5-9-18(17)23-20/h1-13,19H,(H,22,23)(H,24,25). The maximum Gasteiger partial charge on any atom is 0.349 e. The first-order valence-corrected chi connectivity index (χ1v) is 8.20. The average molecular weight is 344 g/mol. The van der Waals surface area contributed by atoms with E-state index in [1.165, 1.54) is 0 Å². The molecule has 4 aromatic rings. The summed E-state index contributed by atoms with van der Waals surface area (Å²) in [5, 5.41) is 9.46. The second-order valence-electron chi connectivity index (χ2n) is 5.87. The van der Waals surface area contributed by atoms with E-state index in [1.54, 1.807) is 36.4 Å². The second kappa shape index (κ2) is 6.72. The third kappa shape index (κ3) is 3.15. The van der Waals surface area contributed by atoms with E-state index < -0.39 is 12.1 Å². The number of hydrogen-bond acceptors (Lipinski definition) is 3. The van der Waals surface area contributed by atoms with Crippen molar-refractivity contribution in [2.24, 2.45) is 0 Å². The zero-order valence-corrected chi connectivity index (χ0v) is 13.8. The molecule has 1 atom stereocenters. The highest BCUT2D eigenvalue weighted by atomic mass is 16.5. The van der Waals surface area contributed by atoms with Crippen LogP contribution in [0, 0.1) is 0 Å². The Balaban J connectivity index is 1.58. The van der Waals surface area contributed by atoms with Crippen LogP contribution >= 0.6 is 0 Å². The van der Waals surface area contributed by atoms with Gasteiger partial charge in [-0.3, -0.25) is 0 Å². The summed E-state index contributed by atoms with van der Waals surface area (Å²) in [6, 6.07) is 23.9. The van der Waals surface area contributed by atoms with Gasteiger partial charge in [-0.25, -0.2) is 9.78 Å². The van der Waals surface area contributed by atoms with Crippen LogP contribution < -0.4 is 4.74 Å². The molecule has 0 radical (unpaired) electrons. The minimum atomic E-state index is -1.05. The van der Waals surface area contributed by atoms with Crippen LogP contribution in [0.15, 0.2) is 78.9 Å². The molecule has 3 aromatic carbocycles. The summed E-state index contributed by atoms with van der Waals surface area (Å²) in [6.07, 6.45) is -1.05. The van der Waals surface area contributed by atoms with Crippen LogP contribution in [0.4, 0.5) is 0 Å². The summed E-state index contributed by atoms with van der Waals surface area (Å²) in [5.41, 5.74) is 3.37. The molecule has 5 heteroatoms. The number of rotatable bonds is 5.